The molecule has 1 saturated heterocycles. The molecule has 2 rings (SSSR count). The average molecular weight is 289 g/mol. The van der Waals surface area contributed by atoms with Crippen molar-refractivity contribution in [1.82, 2.24) is 10.6 Å². The number of amides is 2. The number of aryl methyl sites for hydroxylation is 1. The number of hydrogen-bond donors (Lipinski definition) is 2. The molecule has 1 heterocycles. The molecule has 0 spiro atoms. The highest BCUT2D eigenvalue weighted by atomic mass is 16.2. The second-order valence-electron chi connectivity index (χ2n) is 5.49. The quantitative estimate of drug-likeness (QED) is 0.770. The molecule has 0 radical (unpaired) electrons. The summed E-state index contributed by atoms with van der Waals surface area (Å²) in [5.41, 5.74) is 2.03. The van der Waals surface area contributed by atoms with Crippen LogP contribution in [0.3, 0.4) is 0 Å². The van der Waals surface area contributed by atoms with Crippen molar-refractivity contribution in [2.75, 3.05) is 31.6 Å². The molecule has 114 valence electrons. The van der Waals surface area contributed by atoms with Crippen LogP contribution in [0.15, 0.2) is 24.3 Å². The fourth-order valence-corrected chi connectivity index (χ4v) is 2.48. The second kappa shape index (κ2) is 7.22. The van der Waals surface area contributed by atoms with Gasteiger partial charge in [-0.15, -0.1) is 0 Å². The summed E-state index contributed by atoms with van der Waals surface area (Å²) in [7, 11) is 1.89. The van der Waals surface area contributed by atoms with Crippen molar-refractivity contribution in [3.05, 3.63) is 29.8 Å². The van der Waals surface area contributed by atoms with Crippen LogP contribution in [-0.2, 0) is 9.59 Å². The highest BCUT2D eigenvalue weighted by Crippen LogP contribution is 2.25. The summed E-state index contributed by atoms with van der Waals surface area (Å²) < 4.78 is 0. The first-order valence-electron chi connectivity index (χ1n) is 7.41. The number of nitrogens with one attached hydrogen (secondary N) is 2. The van der Waals surface area contributed by atoms with Gasteiger partial charge in [-0.1, -0.05) is 17.7 Å². The first kappa shape index (κ1) is 15.5. The number of anilines is 1. The van der Waals surface area contributed by atoms with Crippen LogP contribution < -0.4 is 15.5 Å². The molecule has 1 aliphatic heterocycles. The lowest BCUT2D eigenvalue weighted by Gasteiger charge is -2.17. The molecule has 0 bridgehead atoms. The summed E-state index contributed by atoms with van der Waals surface area (Å²) in [6.07, 6.45) is 1.19. The van der Waals surface area contributed by atoms with Crippen LogP contribution in [0.2, 0.25) is 0 Å². The molecule has 1 fully saturated rings. The first-order chi connectivity index (χ1) is 10.1. The highest BCUT2D eigenvalue weighted by Gasteiger charge is 2.34. The Hall–Kier alpha value is -1.88. The van der Waals surface area contributed by atoms with E-state index in [9.17, 15) is 9.59 Å². The summed E-state index contributed by atoms with van der Waals surface area (Å²) in [6.45, 7) is 4.00. The van der Waals surface area contributed by atoms with E-state index in [2.05, 4.69) is 10.6 Å². The van der Waals surface area contributed by atoms with Gasteiger partial charge in [-0.3, -0.25) is 9.59 Å². The SMILES string of the molecule is CNCCCNC(=O)C1CC(=O)N(c2ccc(C)cc2)C1. The Morgan fingerprint density at radius 3 is 2.67 bits per heavy atom. The van der Waals surface area contributed by atoms with E-state index in [1.807, 2.05) is 38.2 Å². The number of carbonyl (C=O) groups excluding carboxylic acids is 2. The van der Waals surface area contributed by atoms with E-state index in [4.69, 9.17) is 0 Å². The van der Waals surface area contributed by atoms with E-state index in [1.165, 1.54) is 0 Å². The number of nitrogens with zero attached hydrogens (tertiary/aromatic N) is 1. The fourth-order valence-electron chi connectivity index (χ4n) is 2.48. The van der Waals surface area contributed by atoms with Crippen LogP contribution in [-0.4, -0.2) is 38.5 Å². The molecule has 0 aromatic heterocycles. The number of carbonyl (C=O) groups is 2. The van der Waals surface area contributed by atoms with E-state index in [1.54, 1.807) is 4.90 Å². The lowest BCUT2D eigenvalue weighted by atomic mass is 10.1. The molecule has 5 heteroatoms. The van der Waals surface area contributed by atoms with Gasteiger partial charge in [0.1, 0.15) is 0 Å². The van der Waals surface area contributed by atoms with Crippen LogP contribution in [0.5, 0.6) is 0 Å². The number of rotatable bonds is 6. The predicted molar refractivity (Wildman–Crippen MR) is 83.2 cm³/mol. The van der Waals surface area contributed by atoms with Gasteiger partial charge in [-0.2, -0.15) is 0 Å². The lowest BCUT2D eigenvalue weighted by Crippen LogP contribution is -2.34. The van der Waals surface area contributed by atoms with Crippen molar-refractivity contribution in [2.24, 2.45) is 5.92 Å². The highest BCUT2D eigenvalue weighted by molar-refractivity contribution is 6.00. The van der Waals surface area contributed by atoms with Crippen molar-refractivity contribution in [1.29, 1.82) is 0 Å². The van der Waals surface area contributed by atoms with Crippen LogP contribution in [0.1, 0.15) is 18.4 Å². The molecule has 21 heavy (non-hydrogen) atoms. The molecule has 1 atom stereocenters. The third kappa shape index (κ3) is 4.04. The van der Waals surface area contributed by atoms with Gasteiger partial charge in [0, 0.05) is 25.2 Å². The topological polar surface area (TPSA) is 61.4 Å². The maximum absolute atomic E-state index is 12.1. The Bertz CT molecular complexity index is 499. The zero-order valence-corrected chi connectivity index (χ0v) is 12.7. The maximum atomic E-state index is 12.1. The smallest absolute Gasteiger partial charge is 0.227 e. The summed E-state index contributed by atoms with van der Waals surface area (Å²) >= 11 is 0. The summed E-state index contributed by atoms with van der Waals surface area (Å²) in [5.74, 6) is -0.239. The number of benzene rings is 1. The molecule has 1 aromatic carbocycles. The summed E-state index contributed by atoms with van der Waals surface area (Å²) in [4.78, 5) is 25.9. The minimum atomic E-state index is -0.242. The van der Waals surface area contributed by atoms with E-state index >= 15 is 0 Å². The Balaban J connectivity index is 1.90. The molecule has 1 aliphatic rings. The van der Waals surface area contributed by atoms with Crippen LogP contribution in [0.4, 0.5) is 5.69 Å². The van der Waals surface area contributed by atoms with Gasteiger partial charge in [0.05, 0.1) is 5.92 Å². The van der Waals surface area contributed by atoms with Gasteiger partial charge in [0.25, 0.3) is 0 Å². The van der Waals surface area contributed by atoms with Crippen molar-refractivity contribution >= 4 is 17.5 Å². The third-order valence-corrected chi connectivity index (χ3v) is 3.74. The molecule has 0 saturated carbocycles. The summed E-state index contributed by atoms with van der Waals surface area (Å²) in [6, 6.07) is 7.82. The van der Waals surface area contributed by atoms with Crippen molar-refractivity contribution in [2.45, 2.75) is 19.8 Å². The largest absolute Gasteiger partial charge is 0.356 e. The lowest BCUT2D eigenvalue weighted by molar-refractivity contribution is -0.126. The Kier molecular flexibility index (Phi) is 5.33. The second-order valence-corrected chi connectivity index (χ2v) is 5.49. The fraction of sp³-hybridized carbons (Fsp3) is 0.500. The van der Waals surface area contributed by atoms with E-state index in [0.29, 0.717) is 19.5 Å². The van der Waals surface area contributed by atoms with E-state index < -0.39 is 0 Å². The average Bonchev–Trinajstić information content (AvgIpc) is 2.86. The van der Waals surface area contributed by atoms with Crippen molar-refractivity contribution in [3.8, 4) is 0 Å². The molecule has 0 aliphatic carbocycles. The zero-order chi connectivity index (χ0) is 15.2. The third-order valence-electron chi connectivity index (χ3n) is 3.74. The predicted octanol–water partition coefficient (Wildman–Crippen LogP) is 1.07. The maximum Gasteiger partial charge on any atom is 0.227 e. The van der Waals surface area contributed by atoms with Crippen molar-refractivity contribution < 1.29 is 9.59 Å². The van der Waals surface area contributed by atoms with E-state index in [-0.39, 0.29) is 17.7 Å². The molecule has 2 amide bonds. The van der Waals surface area contributed by atoms with Gasteiger partial charge in [-0.25, -0.2) is 0 Å². The van der Waals surface area contributed by atoms with Gasteiger partial charge in [0.2, 0.25) is 11.8 Å². The minimum absolute atomic E-state index is 0.0194. The Morgan fingerprint density at radius 1 is 1.29 bits per heavy atom. The molecule has 5 nitrogen and oxygen atoms in total. The van der Waals surface area contributed by atoms with Gasteiger partial charge < -0.3 is 15.5 Å². The number of hydrogen-bond acceptors (Lipinski definition) is 3. The summed E-state index contributed by atoms with van der Waals surface area (Å²) in [5, 5.41) is 5.94. The molecule has 1 unspecified atom stereocenters. The molecular formula is C16H23N3O2. The van der Waals surface area contributed by atoms with Gasteiger partial charge >= 0.3 is 0 Å². The minimum Gasteiger partial charge on any atom is -0.356 e. The van der Waals surface area contributed by atoms with Gasteiger partial charge in [-0.05, 0) is 39.1 Å². The normalized spacial score (nSPS) is 18.1. The Labute approximate surface area is 125 Å². The zero-order valence-electron chi connectivity index (χ0n) is 12.7. The first-order valence-corrected chi connectivity index (χ1v) is 7.41. The monoisotopic (exact) mass is 289 g/mol. The van der Waals surface area contributed by atoms with Gasteiger partial charge in [0.15, 0.2) is 0 Å². The van der Waals surface area contributed by atoms with Crippen LogP contribution in [0, 0.1) is 12.8 Å². The molecular weight excluding hydrogens is 266 g/mol. The van der Waals surface area contributed by atoms with Crippen molar-refractivity contribution in [3.63, 3.8) is 0 Å². The van der Waals surface area contributed by atoms with Crippen LogP contribution >= 0.6 is 0 Å². The Morgan fingerprint density at radius 2 is 2.00 bits per heavy atom. The van der Waals surface area contributed by atoms with Crippen LogP contribution in [0.25, 0.3) is 0 Å². The standard InChI is InChI=1S/C16H23N3O2/c1-12-4-6-14(7-5-12)19-11-13(10-15(19)20)16(21)18-9-3-8-17-2/h4-7,13,17H,3,8-11H2,1-2H3,(H,18,21). The molecule has 1 aromatic rings. The van der Waals surface area contributed by atoms with E-state index in [0.717, 1.165) is 24.2 Å². The molecule has 2 N–H and O–H groups in total.